The second kappa shape index (κ2) is 7.95. The molecule has 4 rings (SSSR count). The van der Waals surface area contributed by atoms with Gasteiger partial charge in [-0.2, -0.15) is 0 Å². The lowest BCUT2D eigenvalue weighted by molar-refractivity contribution is 0.266. The average molecular weight is 381 g/mol. The summed E-state index contributed by atoms with van der Waals surface area (Å²) in [4.78, 5) is 10.8. The van der Waals surface area contributed by atoms with Crippen LogP contribution >= 0.6 is 23.7 Å². The predicted molar refractivity (Wildman–Crippen MR) is 101 cm³/mol. The number of hydrogen-bond donors (Lipinski definition) is 1. The Morgan fingerprint density at radius 1 is 1.32 bits per heavy atom. The number of hydrogen-bond acceptors (Lipinski definition) is 6. The molecule has 2 aromatic heterocycles. The number of halogens is 2. The molecule has 0 aliphatic carbocycles. The van der Waals surface area contributed by atoms with Crippen molar-refractivity contribution in [1.82, 2.24) is 15.3 Å². The smallest absolute Gasteiger partial charge is 0.187 e. The molecule has 1 fully saturated rings. The normalized spacial score (nSPS) is 17.3. The number of anilines is 1. The Bertz CT molecular complexity index is 832. The minimum absolute atomic E-state index is 0. The quantitative estimate of drug-likeness (QED) is 0.753. The van der Waals surface area contributed by atoms with Crippen LogP contribution in [-0.4, -0.2) is 42.3 Å². The summed E-state index contributed by atoms with van der Waals surface area (Å²) in [7, 11) is 0. The summed E-state index contributed by atoms with van der Waals surface area (Å²) in [6.45, 7) is 3.03. The number of pyridine rings is 1. The van der Waals surface area contributed by atoms with Gasteiger partial charge in [-0.1, -0.05) is 17.4 Å². The molecule has 0 amide bonds. The molecule has 1 aliphatic heterocycles. The first-order valence-electron chi connectivity index (χ1n) is 7.86. The number of benzene rings is 1. The van der Waals surface area contributed by atoms with Gasteiger partial charge in [0, 0.05) is 25.8 Å². The van der Waals surface area contributed by atoms with Crippen molar-refractivity contribution in [3.05, 3.63) is 48.5 Å². The van der Waals surface area contributed by atoms with E-state index in [4.69, 9.17) is 4.74 Å². The van der Waals surface area contributed by atoms with Crippen LogP contribution in [0, 0.1) is 5.82 Å². The van der Waals surface area contributed by atoms with Crippen LogP contribution in [-0.2, 0) is 0 Å². The monoisotopic (exact) mass is 380 g/mol. The summed E-state index contributed by atoms with van der Waals surface area (Å²) in [5, 5.41) is 4.23. The third-order valence-electron chi connectivity index (χ3n) is 4.03. The Morgan fingerprint density at radius 2 is 2.24 bits per heavy atom. The molecule has 3 heterocycles. The van der Waals surface area contributed by atoms with Crippen LogP contribution < -0.4 is 15.0 Å². The molecule has 0 unspecified atom stereocenters. The van der Waals surface area contributed by atoms with Gasteiger partial charge >= 0.3 is 0 Å². The molecule has 1 saturated heterocycles. The Balaban J connectivity index is 0.00000182. The van der Waals surface area contributed by atoms with E-state index < -0.39 is 0 Å². The maximum atomic E-state index is 13.9. The molecule has 1 N–H and O–H groups in total. The molecule has 1 atom stereocenters. The third-order valence-corrected chi connectivity index (χ3v) is 5.09. The van der Waals surface area contributed by atoms with E-state index in [9.17, 15) is 4.39 Å². The van der Waals surface area contributed by atoms with Gasteiger partial charge in [0.15, 0.2) is 5.13 Å². The molecule has 1 aromatic carbocycles. The molecule has 0 radical (unpaired) electrons. The molecule has 1 aliphatic rings. The lowest BCUT2D eigenvalue weighted by Gasteiger charge is -2.35. The second-order valence-electron chi connectivity index (χ2n) is 5.63. The lowest BCUT2D eigenvalue weighted by Crippen LogP contribution is -2.54. The van der Waals surface area contributed by atoms with Crippen molar-refractivity contribution in [2.45, 2.75) is 6.04 Å². The van der Waals surface area contributed by atoms with E-state index in [0.717, 1.165) is 35.2 Å². The van der Waals surface area contributed by atoms with E-state index in [-0.39, 0.29) is 24.3 Å². The second-order valence-corrected chi connectivity index (χ2v) is 6.64. The largest absolute Gasteiger partial charge is 0.490 e. The first kappa shape index (κ1) is 17.8. The predicted octanol–water partition coefficient (Wildman–Crippen LogP) is 3.11. The number of thiazole rings is 1. The fourth-order valence-electron chi connectivity index (χ4n) is 2.81. The number of fused-ring (bicyclic) bond motifs is 1. The Labute approximate surface area is 155 Å². The summed E-state index contributed by atoms with van der Waals surface area (Å²) >= 11 is 1.52. The SMILES string of the molecule is Cl.Fc1cccc2sc(N3CCNC[C@@H]3COc3cccnc3)nc12. The van der Waals surface area contributed by atoms with Crippen LogP contribution in [0.3, 0.4) is 0 Å². The molecule has 3 aromatic rings. The molecule has 5 nitrogen and oxygen atoms in total. The summed E-state index contributed by atoms with van der Waals surface area (Å²) in [6.07, 6.45) is 3.42. The van der Waals surface area contributed by atoms with Crippen LogP contribution in [0.4, 0.5) is 9.52 Å². The van der Waals surface area contributed by atoms with Gasteiger partial charge in [0.2, 0.25) is 0 Å². The molecule has 0 bridgehead atoms. The van der Waals surface area contributed by atoms with Gasteiger partial charge < -0.3 is 15.0 Å². The van der Waals surface area contributed by atoms with Crippen molar-refractivity contribution in [2.75, 3.05) is 31.1 Å². The van der Waals surface area contributed by atoms with Crippen LogP contribution in [0.2, 0.25) is 0 Å². The summed E-state index contributed by atoms with van der Waals surface area (Å²) in [5.74, 6) is 0.478. The van der Waals surface area contributed by atoms with Crippen molar-refractivity contribution in [3.8, 4) is 5.75 Å². The Morgan fingerprint density at radius 3 is 3.04 bits per heavy atom. The average Bonchev–Trinajstić information content (AvgIpc) is 3.07. The minimum atomic E-state index is -0.270. The van der Waals surface area contributed by atoms with E-state index in [1.54, 1.807) is 18.5 Å². The van der Waals surface area contributed by atoms with Crippen LogP contribution in [0.15, 0.2) is 42.7 Å². The number of aromatic nitrogens is 2. The topological polar surface area (TPSA) is 50.3 Å². The third kappa shape index (κ3) is 3.84. The fourth-order valence-corrected chi connectivity index (χ4v) is 3.89. The van der Waals surface area contributed by atoms with E-state index in [1.807, 2.05) is 18.2 Å². The highest BCUT2D eigenvalue weighted by atomic mass is 35.5. The molecule has 0 spiro atoms. The first-order chi connectivity index (χ1) is 11.8. The maximum Gasteiger partial charge on any atom is 0.187 e. The van der Waals surface area contributed by atoms with E-state index in [0.29, 0.717) is 12.1 Å². The van der Waals surface area contributed by atoms with Gasteiger partial charge in [-0.3, -0.25) is 4.98 Å². The molecule has 25 heavy (non-hydrogen) atoms. The Hall–Kier alpha value is -1.96. The highest BCUT2D eigenvalue weighted by Crippen LogP contribution is 2.31. The lowest BCUT2D eigenvalue weighted by atomic mass is 10.2. The molecular formula is C17H18ClFN4OS. The van der Waals surface area contributed by atoms with Crippen molar-refractivity contribution in [2.24, 2.45) is 0 Å². The van der Waals surface area contributed by atoms with Crippen molar-refractivity contribution < 1.29 is 9.13 Å². The Kier molecular flexibility index (Phi) is 5.67. The molecule has 8 heteroatoms. The number of rotatable bonds is 4. The summed E-state index contributed by atoms with van der Waals surface area (Å²) in [5.41, 5.74) is 0.447. The maximum absolute atomic E-state index is 13.9. The zero-order valence-electron chi connectivity index (χ0n) is 13.4. The number of nitrogens with one attached hydrogen (secondary N) is 1. The van der Waals surface area contributed by atoms with Crippen molar-refractivity contribution >= 4 is 39.1 Å². The van der Waals surface area contributed by atoms with Gasteiger partial charge in [0.25, 0.3) is 0 Å². The van der Waals surface area contributed by atoms with Crippen LogP contribution in [0.1, 0.15) is 0 Å². The van der Waals surface area contributed by atoms with Crippen LogP contribution in [0.5, 0.6) is 5.75 Å². The van der Waals surface area contributed by atoms with E-state index in [2.05, 4.69) is 20.2 Å². The van der Waals surface area contributed by atoms with Crippen molar-refractivity contribution in [3.63, 3.8) is 0 Å². The first-order valence-corrected chi connectivity index (χ1v) is 8.68. The molecular weight excluding hydrogens is 363 g/mol. The fraction of sp³-hybridized carbons (Fsp3) is 0.294. The van der Waals surface area contributed by atoms with E-state index in [1.165, 1.54) is 17.4 Å². The van der Waals surface area contributed by atoms with Crippen LogP contribution in [0.25, 0.3) is 10.2 Å². The molecule has 132 valence electrons. The zero-order valence-corrected chi connectivity index (χ0v) is 15.0. The number of nitrogens with zero attached hydrogens (tertiary/aromatic N) is 3. The number of para-hydroxylation sites is 1. The number of ether oxygens (including phenoxy) is 1. The van der Waals surface area contributed by atoms with E-state index >= 15 is 0 Å². The van der Waals surface area contributed by atoms with Gasteiger partial charge in [0.05, 0.1) is 16.9 Å². The molecule has 0 saturated carbocycles. The number of piperazine rings is 1. The summed E-state index contributed by atoms with van der Waals surface area (Å²) in [6, 6.07) is 8.96. The highest BCUT2D eigenvalue weighted by Gasteiger charge is 2.26. The van der Waals surface area contributed by atoms with Gasteiger partial charge in [-0.25, -0.2) is 9.37 Å². The van der Waals surface area contributed by atoms with Gasteiger partial charge in [0.1, 0.15) is 23.7 Å². The van der Waals surface area contributed by atoms with Crippen molar-refractivity contribution in [1.29, 1.82) is 0 Å². The summed E-state index contributed by atoms with van der Waals surface area (Å²) < 4.78 is 20.6. The van der Waals surface area contributed by atoms with Gasteiger partial charge in [-0.15, -0.1) is 12.4 Å². The standard InChI is InChI=1S/C17H17FN4OS.ClH/c18-14-4-1-5-15-16(14)21-17(24-15)22-8-7-20-9-12(22)11-23-13-3-2-6-19-10-13;/h1-6,10,12,20H,7-9,11H2;1H/t12-;/m1./s1. The zero-order chi connectivity index (χ0) is 16.4. The highest BCUT2D eigenvalue weighted by molar-refractivity contribution is 7.22. The minimum Gasteiger partial charge on any atom is -0.490 e. The van der Waals surface area contributed by atoms with Gasteiger partial charge in [-0.05, 0) is 24.3 Å².